The van der Waals surface area contributed by atoms with E-state index in [0.29, 0.717) is 42.8 Å². The van der Waals surface area contributed by atoms with Crippen molar-refractivity contribution >= 4 is 17.5 Å². The van der Waals surface area contributed by atoms with E-state index in [4.69, 9.17) is 25.8 Å². The Hall–Kier alpha value is -2.28. The van der Waals surface area contributed by atoms with Crippen molar-refractivity contribution in [3.8, 4) is 11.5 Å². The molecule has 0 spiro atoms. The highest BCUT2D eigenvalue weighted by Gasteiger charge is 2.23. The zero-order valence-electron chi connectivity index (χ0n) is 16.1. The van der Waals surface area contributed by atoms with Crippen LogP contribution in [-0.4, -0.2) is 51.3 Å². The molecule has 1 aliphatic rings. The number of hydrogen-bond donors (Lipinski definition) is 1. The van der Waals surface area contributed by atoms with Crippen LogP contribution in [0.3, 0.4) is 0 Å². The monoisotopic (exact) mass is 404 g/mol. The topological polar surface area (TPSA) is 60.0 Å². The lowest BCUT2D eigenvalue weighted by Gasteiger charge is -2.32. The second kappa shape index (κ2) is 9.78. The van der Waals surface area contributed by atoms with Crippen molar-refractivity contribution < 1.29 is 19.0 Å². The molecule has 1 unspecified atom stereocenters. The maximum Gasteiger partial charge on any atom is 0.234 e. The third kappa shape index (κ3) is 5.38. The SMILES string of the molecule is COc1ccc(CNC(=O)CN2CCOC(c3ccc(Cl)cc3)C2)cc1OC. The molecule has 0 bridgehead atoms. The van der Waals surface area contributed by atoms with Gasteiger partial charge in [-0.2, -0.15) is 0 Å². The first-order valence-electron chi connectivity index (χ1n) is 9.16. The smallest absolute Gasteiger partial charge is 0.234 e. The first-order valence-corrected chi connectivity index (χ1v) is 9.54. The molecule has 28 heavy (non-hydrogen) atoms. The fourth-order valence-electron chi connectivity index (χ4n) is 3.18. The number of benzene rings is 2. The van der Waals surface area contributed by atoms with Crippen LogP contribution in [0.5, 0.6) is 11.5 Å². The Bertz CT molecular complexity index is 797. The summed E-state index contributed by atoms with van der Waals surface area (Å²) in [6.07, 6.45) is -0.0512. The van der Waals surface area contributed by atoms with Crippen molar-refractivity contribution in [2.75, 3.05) is 40.5 Å². The molecule has 1 aliphatic heterocycles. The third-order valence-corrected chi connectivity index (χ3v) is 4.95. The van der Waals surface area contributed by atoms with E-state index < -0.39 is 0 Å². The summed E-state index contributed by atoms with van der Waals surface area (Å²) in [4.78, 5) is 14.5. The third-order valence-electron chi connectivity index (χ3n) is 4.70. The van der Waals surface area contributed by atoms with E-state index in [9.17, 15) is 4.79 Å². The molecule has 1 saturated heterocycles. The maximum atomic E-state index is 12.4. The van der Waals surface area contributed by atoms with Crippen LogP contribution in [0, 0.1) is 0 Å². The standard InChI is InChI=1S/C21H25ClN2O4/c1-26-18-8-3-15(11-19(18)27-2)12-23-21(25)14-24-9-10-28-20(13-24)16-4-6-17(22)7-5-16/h3-8,11,20H,9-10,12-14H2,1-2H3,(H,23,25). The fraction of sp³-hybridized carbons (Fsp3) is 0.381. The number of carbonyl (C=O) groups excluding carboxylic acids is 1. The normalized spacial score (nSPS) is 17.2. The van der Waals surface area contributed by atoms with E-state index in [1.165, 1.54) is 0 Å². The molecule has 1 fully saturated rings. The lowest BCUT2D eigenvalue weighted by Crippen LogP contribution is -2.44. The van der Waals surface area contributed by atoms with Gasteiger partial charge >= 0.3 is 0 Å². The summed E-state index contributed by atoms with van der Waals surface area (Å²) in [6, 6.07) is 13.3. The van der Waals surface area contributed by atoms with Gasteiger partial charge in [0.25, 0.3) is 0 Å². The first kappa shape index (κ1) is 20.5. The minimum Gasteiger partial charge on any atom is -0.493 e. The van der Waals surface area contributed by atoms with Gasteiger partial charge in [0, 0.05) is 24.7 Å². The highest BCUT2D eigenvalue weighted by Crippen LogP contribution is 2.27. The van der Waals surface area contributed by atoms with Gasteiger partial charge in [-0.15, -0.1) is 0 Å². The van der Waals surface area contributed by atoms with Crippen LogP contribution < -0.4 is 14.8 Å². The molecule has 1 atom stereocenters. The van der Waals surface area contributed by atoms with Gasteiger partial charge < -0.3 is 19.5 Å². The van der Waals surface area contributed by atoms with Crippen molar-refractivity contribution in [1.29, 1.82) is 0 Å². The summed E-state index contributed by atoms with van der Waals surface area (Å²) in [7, 11) is 3.19. The van der Waals surface area contributed by atoms with Gasteiger partial charge in [-0.1, -0.05) is 29.8 Å². The number of amides is 1. The Labute approximate surface area is 170 Å². The maximum absolute atomic E-state index is 12.4. The van der Waals surface area contributed by atoms with Crippen LogP contribution in [0.2, 0.25) is 5.02 Å². The Morgan fingerprint density at radius 2 is 1.93 bits per heavy atom. The first-order chi connectivity index (χ1) is 13.6. The molecule has 1 amide bonds. The molecule has 3 rings (SSSR count). The molecule has 7 heteroatoms. The molecule has 0 aromatic heterocycles. The van der Waals surface area contributed by atoms with Gasteiger partial charge in [0.2, 0.25) is 5.91 Å². The lowest BCUT2D eigenvalue weighted by molar-refractivity contribution is -0.124. The van der Waals surface area contributed by atoms with Gasteiger partial charge in [-0.05, 0) is 35.4 Å². The number of rotatable bonds is 7. The predicted octanol–water partition coefficient (Wildman–Crippen LogP) is 3.05. The fourth-order valence-corrected chi connectivity index (χ4v) is 3.30. The Balaban J connectivity index is 1.51. The van der Waals surface area contributed by atoms with Gasteiger partial charge in [0.05, 0.1) is 33.5 Å². The molecule has 6 nitrogen and oxygen atoms in total. The molecular formula is C21H25ClN2O4. The number of nitrogens with one attached hydrogen (secondary N) is 1. The van der Waals surface area contributed by atoms with E-state index >= 15 is 0 Å². The molecule has 1 N–H and O–H groups in total. The Morgan fingerprint density at radius 3 is 2.64 bits per heavy atom. The zero-order valence-corrected chi connectivity index (χ0v) is 16.9. The Kier molecular flexibility index (Phi) is 7.14. The van der Waals surface area contributed by atoms with Crippen molar-refractivity contribution in [3.63, 3.8) is 0 Å². The lowest BCUT2D eigenvalue weighted by atomic mass is 10.1. The number of methoxy groups -OCH3 is 2. The summed E-state index contributed by atoms with van der Waals surface area (Å²) in [5, 5.41) is 3.66. The largest absolute Gasteiger partial charge is 0.493 e. The van der Waals surface area contributed by atoms with Crippen molar-refractivity contribution in [2.24, 2.45) is 0 Å². The summed E-state index contributed by atoms with van der Waals surface area (Å²) in [6.45, 7) is 2.76. The predicted molar refractivity (Wildman–Crippen MR) is 108 cm³/mol. The quantitative estimate of drug-likeness (QED) is 0.768. The molecular weight excluding hydrogens is 380 g/mol. The summed E-state index contributed by atoms with van der Waals surface area (Å²) < 4.78 is 16.4. The van der Waals surface area contributed by atoms with Gasteiger partial charge in [0.1, 0.15) is 0 Å². The van der Waals surface area contributed by atoms with Crippen LogP contribution >= 0.6 is 11.6 Å². The second-order valence-corrected chi connectivity index (χ2v) is 7.05. The van der Waals surface area contributed by atoms with E-state index in [1.807, 2.05) is 42.5 Å². The van der Waals surface area contributed by atoms with Crippen LogP contribution in [0.15, 0.2) is 42.5 Å². The average molecular weight is 405 g/mol. The Morgan fingerprint density at radius 1 is 1.18 bits per heavy atom. The van der Waals surface area contributed by atoms with Crippen molar-refractivity contribution in [1.82, 2.24) is 10.2 Å². The number of carbonyl (C=O) groups is 1. The minimum atomic E-state index is -0.0512. The van der Waals surface area contributed by atoms with Crippen LogP contribution in [0.4, 0.5) is 0 Å². The molecule has 0 saturated carbocycles. The van der Waals surface area contributed by atoms with Crippen LogP contribution in [0.25, 0.3) is 0 Å². The zero-order chi connectivity index (χ0) is 19.9. The minimum absolute atomic E-state index is 0.0217. The molecule has 0 radical (unpaired) electrons. The number of morpholine rings is 1. The van der Waals surface area contributed by atoms with Gasteiger partial charge in [0.15, 0.2) is 11.5 Å². The van der Waals surface area contributed by atoms with Gasteiger partial charge in [-0.3, -0.25) is 9.69 Å². The highest BCUT2D eigenvalue weighted by atomic mass is 35.5. The number of halogens is 1. The summed E-state index contributed by atoms with van der Waals surface area (Å²) in [5.41, 5.74) is 2.02. The van der Waals surface area contributed by atoms with Crippen molar-refractivity contribution in [3.05, 3.63) is 58.6 Å². The summed E-state index contributed by atoms with van der Waals surface area (Å²) >= 11 is 5.95. The van der Waals surface area contributed by atoms with E-state index in [-0.39, 0.29) is 12.0 Å². The highest BCUT2D eigenvalue weighted by molar-refractivity contribution is 6.30. The van der Waals surface area contributed by atoms with Gasteiger partial charge in [-0.25, -0.2) is 0 Å². The molecule has 2 aromatic carbocycles. The average Bonchev–Trinajstić information content (AvgIpc) is 2.72. The van der Waals surface area contributed by atoms with E-state index in [2.05, 4.69) is 10.2 Å². The number of nitrogens with zero attached hydrogens (tertiary/aromatic N) is 1. The summed E-state index contributed by atoms with van der Waals surface area (Å²) in [5.74, 6) is 1.29. The van der Waals surface area contributed by atoms with E-state index in [0.717, 1.165) is 17.7 Å². The molecule has 0 aliphatic carbocycles. The van der Waals surface area contributed by atoms with Crippen LogP contribution in [0.1, 0.15) is 17.2 Å². The number of hydrogen-bond acceptors (Lipinski definition) is 5. The van der Waals surface area contributed by atoms with E-state index in [1.54, 1.807) is 14.2 Å². The van der Waals surface area contributed by atoms with Crippen molar-refractivity contribution in [2.45, 2.75) is 12.6 Å². The molecule has 1 heterocycles. The molecule has 150 valence electrons. The second-order valence-electron chi connectivity index (χ2n) is 6.61. The van der Waals surface area contributed by atoms with Crippen LogP contribution in [-0.2, 0) is 16.1 Å². The molecule has 2 aromatic rings. The number of ether oxygens (including phenoxy) is 3.